The summed E-state index contributed by atoms with van der Waals surface area (Å²) in [6.45, 7) is 8.25. The van der Waals surface area contributed by atoms with Gasteiger partial charge in [0, 0.05) is 36.5 Å². The van der Waals surface area contributed by atoms with Crippen molar-refractivity contribution in [3.05, 3.63) is 18.2 Å². The van der Waals surface area contributed by atoms with Crippen molar-refractivity contribution >= 4 is 0 Å². The van der Waals surface area contributed by atoms with Crippen LogP contribution in [0.2, 0.25) is 0 Å². The average molecular weight is 223 g/mol. The Hall–Kier alpha value is -0.870. The number of imidazole rings is 1. The van der Waals surface area contributed by atoms with E-state index >= 15 is 0 Å². The Morgan fingerprint density at radius 1 is 1.62 bits per heavy atom. The van der Waals surface area contributed by atoms with E-state index in [0.717, 1.165) is 25.3 Å². The Bertz CT molecular complexity index is 321. The topological polar surface area (TPSA) is 49.9 Å². The summed E-state index contributed by atoms with van der Waals surface area (Å²) >= 11 is 0. The van der Waals surface area contributed by atoms with Crippen LogP contribution in [0.5, 0.6) is 0 Å². The smallest absolute Gasteiger partial charge is 0.0922 e. The van der Waals surface area contributed by atoms with E-state index in [4.69, 9.17) is 4.74 Å². The lowest BCUT2D eigenvalue weighted by atomic mass is 9.64. The number of rotatable bonds is 5. The maximum Gasteiger partial charge on any atom is 0.0922 e. The van der Waals surface area contributed by atoms with Gasteiger partial charge in [-0.2, -0.15) is 0 Å². The Balaban J connectivity index is 1.80. The van der Waals surface area contributed by atoms with Crippen molar-refractivity contribution in [1.29, 1.82) is 0 Å². The van der Waals surface area contributed by atoms with Crippen LogP contribution in [0, 0.1) is 5.41 Å². The molecule has 0 aromatic carbocycles. The van der Waals surface area contributed by atoms with E-state index in [0.29, 0.717) is 12.1 Å². The van der Waals surface area contributed by atoms with Gasteiger partial charge in [0.25, 0.3) is 0 Å². The molecule has 4 nitrogen and oxygen atoms in total. The van der Waals surface area contributed by atoms with Crippen molar-refractivity contribution in [3.63, 3.8) is 0 Å². The van der Waals surface area contributed by atoms with Crippen molar-refractivity contribution in [3.8, 4) is 0 Å². The Labute approximate surface area is 96.8 Å². The number of aromatic amines is 1. The summed E-state index contributed by atoms with van der Waals surface area (Å²) in [7, 11) is 0. The molecule has 1 saturated carbocycles. The van der Waals surface area contributed by atoms with Crippen LogP contribution in [0.4, 0.5) is 0 Å². The highest BCUT2D eigenvalue weighted by Crippen LogP contribution is 2.42. The summed E-state index contributed by atoms with van der Waals surface area (Å²) in [5.74, 6) is 0. The lowest BCUT2D eigenvalue weighted by Gasteiger charge is -2.51. The minimum Gasteiger partial charge on any atom is -0.378 e. The maximum absolute atomic E-state index is 5.70. The predicted octanol–water partition coefficient (Wildman–Crippen LogP) is 1.70. The van der Waals surface area contributed by atoms with Gasteiger partial charge in [0.15, 0.2) is 0 Å². The van der Waals surface area contributed by atoms with E-state index in [9.17, 15) is 0 Å². The molecule has 0 spiro atoms. The standard InChI is InChI=1S/C12H21N3O/c1-4-16-11-5-10(12(11,2)3)14-7-9-6-13-8-15-9/h6,8,10-11,14H,4-5,7H2,1-3H3,(H,13,15). The van der Waals surface area contributed by atoms with E-state index in [2.05, 4.69) is 36.1 Å². The second-order valence-corrected chi connectivity index (χ2v) is 5.01. The van der Waals surface area contributed by atoms with E-state index in [1.807, 2.05) is 6.20 Å². The number of nitrogens with zero attached hydrogens (tertiary/aromatic N) is 1. The fourth-order valence-electron chi connectivity index (χ4n) is 2.33. The van der Waals surface area contributed by atoms with Gasteiger partial charge in [0.2, 0.25) is 0 Å². The molecule has 0 saturated heterocycles. The molecule has 1 aromatic heterocycles. The first kappa shape index (κ1) is 11.6. The van der Waals surface area contributed by atoms with Gasteiger partial charge in [-0.3, -0.25) is 0 Å². The molecule has 1 heterocycles. The second kappa shape index (κ2) is 4.55. The molecule has 16 heavy (non-hydrogen) atoms. The molecule has 1 aliphatic carbocycles. The number of hydrogen-bond donors (Lipinski definition) is 2. The SMILES string of the molecule is CCOC1CC(NCc2cnc[nH]2)C1(C)C. The molecule has 2 unspecified atom stereocenters. The van der Waals surface area contributed by atoms with Gasteiger partial charge in [-0.25, -0.2) is 4.98 Å². The van der Waals surface area contributed by atoms with Gasteiger partial charge >= 0.3 is 0 Å². The number of H-pyrrole nitrogens is 1. The zero-order valence-corrected chi connectivity index (χ0v) is 10.3. The van der Waals surface area contributed by atoms with Gasteiger partial charge in [0.1, 0.15) is 0 Å². The van der Waals surface area contributed by atoms with Gasteiger partial charge in [-0.1, -0.05) is 13.8 Å². The minimum atomic E-state index is 0.232. The largest absolute Gasteiger partial charge is 0.378 e. The van der Waals surface area contributed by atoms with Gasteiger partial charge in [-0.15, -0.1) is 0 Å². The third-order valence-electron chi connectivity index (χ3n) is 3.64. The summed E-state index contributed by atoms with van der Waals surface area (Å²) in [5, 5.41) is 3.55. The highest BCUT2D eigenvalue weighted by atomic mass is 16.5. The third-order valence-corrected chi connectivity index (χ3v) is 3.64. The normalized spacial score (nSPS) is 27.7. The molecule has 1 fully saturated rings. The van der Waals surface area contributed by atoms with Crippen LogP contribution in [-0.4, -0.2) is 28.7 Å². The quantitative estimate of drug-likeness (QED) is 0.799. The molecule has 2 N–H and O–H groups in total. The van der Waals surface area contributed by atoms with Gasteiger partial charge in [-0.05, 0) is 13.3 Å². The van der Waals surface area contributed by atoms with Crippen molar-refractivity contribution in [2.24, 2.45) is 5.41 Å². The van der Waals surface area contributed by atoms with Crippen molar-refractivity contribution in [2.75, 3.05) is 6.61 Å². The number of hydrogen-bond acceptors (Lipinski definition) is 3. The molecular formula is C12H21N3O. The van der Waals surface area contributed by atoms with Crippen LogP contribution in [0.3, 0.4) is 0 Å². The van der Waals surface area contributed by atoms with Crippen molar-refractivity contribution in [1.82, 2.24) is 15.3 Å². The van der Waals surface area contributed by atoms with Crippen molar-refractivity contribution in [2.45, 2.75) is 45.9 Å². The zero-order chi connectivity index (χ0) is 11.6. The Morgan fingerprint density at radius 3 is 3.00 bits per heavy atom. The Kier molecular flexibility index (Phi) is 3.30. The summed E-state index contributed by atoms with van der Waals surface area (Å²) < 4.78 is 5.70. The van der Waals surface area contributed by atoms with Crippen LogP contribution in [0.25, 0.3) is 0 Å². The first-order chi connectivity index (χ1) is 7.64. The number of aromatic nitrogens is 2. The first-order valence-electron chi connectivity index (χ1n) is 5.96. The van der Waals surface area contributed by atoms with Crippen LogP contribution in [0.15, 0.2) is 12.5 Å². The van der Waals surface area contributed by atoms with E-state index in [1.54, 1.807) is 6.33 Å². The predicted molar refractivity (Wildman–Crippen MR) is 63.0 cm³/mol. The monoisotopic (exact) mass is 223 g/mol. The van der Waals surface area contributed by atoms with E-state index in [1.165, 1.54) is 0 Å². The lowest BCUT2D eigenvalue weighted by Crippen LogP contribution is -2.60. The summed E-state index contributed by atoms with van der Waals surface area (Å²) in [5.41, 5.74) is 1.37. The highest BCUT2D eigenvalue weighted by molar-refractivity contribution is 5.04. The first-order valence-corrected chi connectivity index (χ1v) is 5.96. The minimum absolute atomic E-state index is 0.232. The van der Waals surface area contributed by atoms with Crippen LogP contribution < -0.4 is 5.32 Å². The fraction of sp³-hybridized carbons (Fsp3) is 0.750. The third kappa shape index (κ3) is 2.13. The number of ether oxygens (including phenoxy) is 1. The lowest BCUT2D eigenvalue weighted by molar-refractivity contribution is -0.114. The fourth-order valence-corrected chi connectivity index (χ4v) is 2.33. The van der Waals surface area contributed by atoms with Crippen molar-refractivity contribution < 1.29 is 4.74 Å². The Morgan fingerprint density at radius 2 is 2.44 bits per heavy atom. The zero-order valence-electron chi connectivity index (χ0n) is 10.3. The summed E-state index contributed by atoms with van der Waals surface area (Å²) in [6, 6.07) is 0.535. The summed E-state index contributed by atoms with van der Waals surface area (Å²) in [6.07, 6.45) is 5.08. The molecule has 0 bridgehead atoms. The van der Waals surface area contributed by atoms with Crippen LogP contribution in [0.1, 0.15) is 32.9 Å². The molecule has 2 rings (SSSR count). The van der Waals surface area contributed by atoms with Crippen LogP contribution >= 0.6 is 0 Å². The van der Waals surface area contributed by atoms with E-state index < -0.39 is 0 Å². The van der Waals surface area contributed by atoms with Crippen LogP contribution in [-0.2, 0) is 11.3 Å². The summed E-state index contributed by atoms with van der Waals surface area (Å²) in [4.78, 5) is 7.10. The maximum atomic E-state index is 5.70. The average Bonchev–Trinajstić information content (AvgIpc) is 2.75. The molecule has 2 atom stereocenters. The molecule has 1 aliphatic rings. The highest BCUT2D eigenvalue weighted by Gasteiger charge is 2.48. The molecule has 90 valence electrons. The molecule has 0 amide bonds. The molecule has 4 heteroatoms. The van der Waals surface area contributed by atoms with Gasteiger partial charge < -0.3 is 15.0 Å². The molecule has 1 aromatic rings. The van der Waals surface area contributed by atoms with E-state index in [-0.39, 0.29) is 5.41 Å². The second-order valence-electron chi connectivity index (χ2n) is 5.01. The molecular weight excluding hydrogens is 202 g/mol. The molecule has 0 radical (unpaired) electrons. The molecule has 0 aliphatic heterocycles. The van der Waals surface area contributed by atoms with Gasteiger partial charge in [0.05, 0.1) is 12.4 Å². The number of nitrogens with one attached hydrogen (secondary N) is 2.